The Balaban J connectivity index is 1.76. The van der Waals surface area contributed by atoms with Gasteiger partial charge in [-0.1, -0.05) is 30.3 Å². The Bertz CT molecular complexity index is 761. The van der Waals surface area contributed by atoms with Crippen LogP contribution in [0, 0.1) is 5.82 Å². The second-order valence-corrected chi connectivity index (χ2v) is 4.68. The lowest BCUT2D eigenvalue weighted by molar-refractivity contribution is 0.290. The summed E-state index contributed by atoms with van der Waals surface area (Å²) < 4.78 is 19.6. The third-order valence-electron chi connectivity index (χ3n) is 3.07. The maximum Gasteiger partial charge on any atom is 0.165 e. The molecule has 3 aromatic rings. The van der Waals surface area contributed by atoms with E-state index in [-0.39, 0.29) is 11.5 Å². The van der Waals surface area contributed by atoms with Crippen molar-refractivity contribution in [2.45, 2.75) is 6.61 Å². The Hall–Kier alpha value is -2.95. The fraction of sp³-hybridized carbons (Fsp3) is 0.0588. The molecule has 1 heterocycles. The molecule has 1 N–H and O–H groups in total. The summed E-state index contributed by atoms with van der Waals surface area (Å²) in [5.41, 5.74) is 1.48. The summed E-state index contributed by atoms with van der Waals surface area (Å²) in [6.07, 6.45) is 2.53. The van der Waals surface area contributed by atoms with Crippen LogP contribution in [-0.4, -0.2) is 15.1 Å². The molecule has 0 amide bonds. The van der Waals surface area contributed by atoms with Gasteiger partial charge in [0.25, 0.3) is 0 Å². The van der Waals surface area contributed by atoms with Crippen molar-refractivity contribution in [2.24, 2.45) is 0 Å². The van der Waals surface area contributed by atoms with E-state index in [4.69, 9.17) is 9.84 Å². The van der Waals surface area contributed by atoms with Crippen molar-refractivity contribution in [3.63, 3.8) is 0 Å². The highest BCUT2D eigenvalue weighted by Gasteiger charge is 2.08. The number of benzene rings is 2. The number of hydrogen-bond donors (Lipinski definition) is 1. The first kappa shape index (κ1) is 14.0. The van der Waals surface area contributed by atoms with Gasteiger partial charge in [-0.2, -0.15) is 0 Å². The maximum atomic E-state index is 14.1. The summed E-state index contributed by atoms with van der Waals surface area (Å²) in [4.78, 5) is 7.89. The number of aromatic hydroxyl groups is 1. The summed E-state index contributed by atoms with van der Waals surface area (Å²) >= 11 is 0. The predicted octanol–water partition coefficient (Wildman–Crippen LogP) is 3.57. The number of nitrogens with zero attached hydrogens (tertiary/aromatic N) is 2. The first-order chi connectivity index (χ1) is 10.7. The molecule has 22 heavy (non-hydrogen) atoms. The van der Waals surface area contributed by atoms with Crippen LogP contribution in [0.2, 0.25) is 0 Å². The first-order valence-electron chi connectivity index (χ1n) is 6.70. The summed E-state index contributed by atoms with van der Waals surface area (Å²) in [5, 5.41) is 9.16. The van der Waals surface area contributed by atoms with Gasteiger partial charge in [-0.15, -0.1) is 0 Å². The van der Waals surface area contributed by atoms with Crippen molar-refractivity contribution in [1.29, 1.82) is 0 Å². The highest BCUT2D eigenvalue weighted by Crippen LogP contribution is 2.24. The van der Waals surface area contributed by atoms with E-state index in [1.54, 1.807) is 12.1 Å². The van der Waals surface area contributed by atoms with E-state index < -0.39 is 5.82 Å². The summed E-state index contributed by atoms with van der Waals surface area (Å²) in [7, 11) is 0. The largest absolute Gasteiger partial charge is 0.505 e. The van der Waals surface area contributed by atoms with Gasteiger partial charge < -0.3 is 9.84 Å². The van der Waals surface area contributed by atoms with E-state index in [1.807, 2.05) is 30.3 Å². The summed E-state index contributed by atoms with van der Waals surface area (Å²) in [5.74, 6) is -0.00478. The number of aromatic nitrogens is 2. The van der Waals surface area contributed by atoms with Crippen LogP contribution in [0.15, 0.2) is 60.9 Å². The van der Waals surface area contributed by atoms with E-state index in [1.165, 1.54) is 18.5 Å². The zero-order chi connectivity index (χ0) is 15.4. The Morgan fingerprint density at radius 3 is 2.41 bits per heavy atom. The van der Waals surface area contributed by atoms with Crippen LogP contribution < -0.4 is 4.74 Å². The SMILES string of the molecule is Oc1cnc(-c2ccc(OCc3ccccc3)c(F)c2)nc1. The minimum Gasteiger partial charge on any atom is -0.505 e. The van der Waals surface area contributed by atoms with E-state index in [0.717, 1.165) is 5.56 Å². The van der Waals surface area contributed by atoms with Crippen LogP contribution in [0.25, 0.3) is 11.4 Å². The molecule has 2 aromatic carbocycles. The van der Waals surface area contributed by atoms with Crippen LogP contribution in [0.3, 0.4) is 0 Å². The van der Waals surface area contributed by atoms with Gasteiger partial charge in [0.2, 0.25) is 0 Å². The zero-order valence-corrected chi connectivity index (χ0v) is 11.6. The normalized spacial score (nSPS) is 10.4. The fourth-order valence-corrected chi connectivity index (χ4v) is 1.96. The van der Waals surface area contributed by atoms with E-state index in [0.29, 0.717) is 18.0 Å². The molecular weight excluding hydrogens is 283 g/mol. The molecule has 0 saturated heterocycles. The van der Waals surface area contributed by atoms with Crippen molar-refractivity contribution in [3.8, 4) is 22.9 Å². The predicted molar refractivity (Wildman–Crippen MR) is 79.9 cm³/mol. The van der Waals surface area contributed by atoms with E-state index in [2.05, 4.69) is 9.97 Å². The maximum absolute atomic E-state index is 14.1. The smallest absolute Gasteiger partial charge is 0.165 e. The molecule has 0 radical (unpaired) electrons. The van der Waals surface area contributed by atoms with Gasteiger partial charge in [0.1, 0.15) is 6.61 Å². The molecule has 0 spiro atoms. The van der Waals surface area contributed by atoms with Crippen molar-refractivity contribution >= 4 is 0 Å². The van der Waals surface area contributed by atoms with Gasteiger partial charge in [0.05, 0.1) is 12.4 Å². The first-order valence-corrected chi connectivity index (χ1v) is 6.70. The van der Waals surface area contributed by atoms with Crippen molar-refractivity contribution in [2.75, 3.05) is 0 Å². The van der Waals surface area contributed by atoms with Gasteiger partial charge >= 0.3 is 0 Å². The van der Waals surface area contributed by atoms with Crippen LogP contribution >= 0.6 is 0 Å². The van der Waals surface area contributed by atoms with Crippen LogP contribution in [-0.2, 0) is 6.61 Å². The second-order valence-electron chi connectivity index (χ2n) is 4.68. The summed E-state index contributed by atoms with van der Waals surface area (Å²) in [6.45, 7) is 0.298. The lowest BCUT2D eigenvalue weighted by Gasteiger charge is -2.08. The topological polar surface area (TPSA) is 55.2 Å². The quantitative estimate of drug-likeness (QED) is 0.799. The molecule has 3 rings (SSSR count). The Morgan fingerprint density at radius 1 is 1.00 bits per heavy atom. The molecule has 4 nitrogen and oxygen atoms in total. The Morgan fingerprint density at radius 2 is 1.73 bits per heavy atom. The zero-order valence-electron chi connectivity index (χ0n) is 11.6. The molecule has 0 bridgehead atoms. The van der Waals surface area contributed by atoms with Crippen LogP contribution in [0.5, 0.6) is 11.5 Å². The van der Waals surface area contributed by atoms with Crippen molar-refractivity contribution in [1.82, 2.24) is 9.97 Å². The molecule has 0 aliphatic rings. The Labute approximate surface area is 126 Å². The fourth-order valence-electron chi connectivity index (χ4n) is 1.96. The molecule has 0 aliphatic heterocycles. The number of ether oxygens (including phenoxy) is 1. The molecule has 5 heteroatoms. The van der Waals surface area contributed by atoms with Gasteiger partial charge in [-0.05, 0) is 23.8 Å². The minimum absolute atomic E-state index is 0.0352. The molecule has 0 aliphatic carbocycles. The van der Waals surface area contributed by atoms with Crippen LogP contribution in [0.4, 0.5) is 4.39 Å². The number of hydrogen-bond acceptors (Lipinski definition) is 4. The summed E-state index contributed by atoms with van der Waals surface area (Å²) in [6, 6.07) is 14.1. The average Bonchev–Trinajstić information content (AvgIpc) is 2.55. The number of halogens is 1. The highest BCUT2D eigenvalue weighted by molar-refractivity contribution is 5.56. The minimum atomic E-state index is -0.481. The number of rotatable bonds is 4. The van der Waals surface area contributed by atoms with Gasteiger partial charge in [-0.25, -0.2) is 14.4 Å². The monoisotopic (exact) mass is 296 g/mol. The molecule has 0 fully saturated rings. The highest BCUT2D eigenvalue weighted by atomic mass is 19.1. The van der Waals surface area contributed by atoms with Crippen LogP contribution in [0.1, 0.15) is 5.56 Å². The second kappa shape index (κ2) is 6.22. The van der Waals surface area contributed by atoms with Crippen molar-refractivity contribution < 1.29 is 14.2 Å². The molecular formula is C17H13FN2O2. The lowest BCUT2D eigenvalue weighted by Crippen LogP contribution is -1.98. The standard InChI is InChI=1S/C17H13FN2O2/c18-15-8-13(17-19-9-14(21)10-20-17)6-7-16(15)22-11-12-4-2-1-3-5-12/h1-10,21H,11H2. The molecule has 1 aromatic heterocycles. The van der Waals surface area contributed by atoms with Crippen molar-refractivity contribution in [3.05, 3.63) is 72.3 Å². The third-order valence-corrected chi connectivity index (χ3v) is 3.07. The molecule has 0 atom stereocenters. The molecule has 0 saturated carbocycles. The van der Waals surface area contributed by atoms with E-state index >= 15 is 0 Å². The van der Waals surface area contributed by atoms with E-state index in [9.17, 15) is 4.39 Å². The van der Waals surface area contributed by atoms with Gasteiger partial charge in [0.15, 0.2) is 23.1 Å². The Kier molecular flexibility index (Phi) is 3.96. The molecule has 110 valence electrons. The van der Waals surface area contributed by atoms with Gasteiger partial charge in [-0.3, -0.25) is 0 Å². The average molecular weight is 296 g/mol. The molecule has 0 unspecified atom stereocenters. The van der Waals surface area contributed by atoms with Gasteiger partial charge in [0, 0.05) is 5.56 Å². The lowest BCUT2D eigenvalue weighted by atomic mass is 10.2. The third kappa shape index (κ3) is 3.20.